The van der Waals surface area contributed by atoms with Gasteiger partial charge in [-0.05, 0) is 5.92 Å². The average Bonchev–Trinajstić information content (AvgIpc) is 1.98. The van der Waals surface area contributed by atoms with E-state index in [0.29, 0.717) is 0 Å². The van der Waals surface area contributed by atoms with Crippen LogP contribution in [-0.4, -0.2) is 41.7 Å². The molecule has 0 radical (unpaired) electrons. The molecule has 0 unspecified atom stereocenters. The van der Waals surface area contributed by atoms with E-state index in [1.807, 2.05) is 0 Å². The Kier molecular flexibility index (Phi) is 4.39. The van der Waals surface area contributed by atoms with Gasteiger partial charge in [-0.2, -0.15) is 13.2 Å². The second-order valence-corrected chi connectivity index (χ2v) is 2.97. The van der Waals surface area contributed by atoms with Crippen LogP contribution >= 0.6 is 0 Å². The van der Waals surface area contributed by atoms with Gasteiger partial charge < -0.3 is 10.0 Å². The molecule has 14 heavy (non-hydrogen) atoms. The number of hydrogen-bond donors (Lipinski definition) is 1. The Morgan fingerprint density at radius 3 is 1.93 bits per heavy atom. The predicted molar refractivity (Wildman–Crippen MR) is 40.5 cm³/mol. The lowest BCUT2D eigenvalue weighted by molar-refractivity contribution is -0.192. The lowest BCUT2D eigenvalue weighted by Crippen LogP contribution is -2.43. The summed E-state index contributed by atoms with van der Waals surface area (Å²) in [7, 11) is 0. The number of carboxylic acid groups (broad SMARTS) is 1. The van der Waals surface area contributed by atoms with Gasteiger partial charge in [-0.15, -0.1) is 0 Å². The molecule has 0 aliphatic carbocycles. The largest absolute Gasteiger partial charge is 0.490 e. The number of rotatable bonds is 1. The lowest BCUT2D eigenvalue weighted by Gasteiger charge is -2.33. The van der Waals surface area contributed by atoms with Crippen molar-refractivity contribution in [3.8, 4) is 0 Å². The molecular formula is C7H10F3NO3. The number of aliphatic carboxylic acids is 1. The van der Waals surface area contributed by atoms with Gasteiger partial charge in [0.25, 0.3) is 0 Å². The van der Waals surface area contributed by atoms with Gasteiger partial charge >= 0.3 is 12.1 Å². The molecule has 0 saturated carbocycles. The van der Waals surface area contributed by atoms with Gasteiger partial charge in [0.1, 0.15) is 0 Å². The van der Waals surface area contributed by atoms with Gasteiger partial charge in [-0.3, -0.25) is 4.79 Å². The van der Waals surface area contributed by atoms with Crippen LogP contribution in [0, 0.1) is 5.92 Å². The Labute approximate surface area is 78.3 Å². The minimum atomic E-state index is -5.08. The molecule has 0 bridgehead atoms. The normalized spacial score (nSPS) is 16.4. The first-order chi connectivity index (χ1) is 6.27. The van der Waals surface area contributed by atoms with Crippen LogP contribution in [0.3, 0.4) is 0 Å². The minimum absolute atomic E-state index is 0.741. The fraction of sp³-hybridized carbons (Fsp3) is 0.714. The van der Waals surface area contributed by atoms with Crippen LogP contribution in [0.15, 0.2) is 0 Å². The number of alkyl halides is 3. The molecular weight excluding hydrogens is 203 g/mol. The fourth-order valence-electron chi connectivity index (χ4n) is 0.833. The highest BCUT2D eigenvalue weighted by Gasteiger charge is 2.38. The van der Waals surface area contributed by atoms with E-state index in [0.717, 1.165) is 25.4 Å². The van der Waals surface area contributed by atoms with Crippen LogP contribution in [-0.2, 0) is 9.59 Å². The van der Waals surface area contributed by atoms with Gasteiger partial charge in [0, 0.05) is 13.1 Å². The van der Waals surface area contributed by atoms with Crippen molar-refractivity contribution < 1.29 is 27.9 Å². The van der Waals surface area contributed by atoms with Crippen molar-refractivity contribution in [1.29, 1.82) is 0 Å². The van der Waals surface area contributed by atoms with E-state index in [-0.39, 0.29) is 0 Å². The third-order valence-corrected chi connectivity index (χ3v) is 1.48. The van der Waals surface area contributed by atoms with Gasteiger partial charge in [0.15, 0.2) is 0 Å². The first-order valence-corrected chi connectivity index (χ1v) is 3.76. The summed E-state index contributed by atoms with van der Waals surface area (Å²) in [5.41, 5.74) is 0. The molecule has 7 heteroatoms. The molecule has 4 nitrogen and oxygen atoms in total. The van der Waals surface area contributed by atoms with Crippen molar-refractivity contribution in [2.75, 3.05) is 13.1 Å². The third kappa shape index (κ3) is 4.68. The molecule has 1 rings (SSSR count). The monoisotopic (exact) mass is 213 g/mol. The quantitative estimate of drug-likeness (QED) is 0.653. The van der Waals surface area contributed by atoms with Crippen LogP contribution < -0.4 is 0 Å². The molecule has 0 aromatic heterocycles. The molecule has 0 spiro atoms. The topological polar surface area (TPSA) is 57.6 Å². The zero-order valence-electron chi connectivity index (χ0n) is 7.41. The molecule has 0 aromatic carbocycles. The molecule has 1 aliphatic rings. The zero-order chi connectivity index (χ0) is 11.4. The van der Waals surface area contributed by atoms with E-state index in [9.17, 15) is 18.0 Å². The Morgan fingerprint density at radius 1 is 1.50 bits per heavy atom. The molecule has 82 valence electrons. The van der Waals surface area contributed by atoms with Crippen molar-refractivity contribution in [2.24, 2.45) is 5.92 Å². The van der Waals surface area contributed by atoms with E-state index in [1.165, 1.54) is 0 Å². The van der Waals surface area contributed by atoms with Crippen LogP contribution in [0.2, 0.25) is 0 Å². The van der Waals surface area contributed by atoms with E-state index in [2.05, 4.69) is 6.92 Å². The van der Waals surface area contributed by atoms with Crippen molar-refractivity contribution in [3.63, 3.8) is 0 Å². The van der Waals surface area contributed by atoms with Crippen molar-refractivity contribution >= 4 is 12.4 Å². The van der Waals surface area contributed by atoms with Crippen molar-refractivity contribution in [1.82, 2.24) is 4.90 Å². The van der Waals surface area contributed by atoms with Crippen LogP contribution in [0.25, 0.3) is 0 Å². The highest BCUT2D eigenvalue weighted by molar-refractivity contribution is 5.73. The second-order valence-electron chi connectivity index (χ2n) is 2.97. The molecule has 0 atom stereocenters. The maximum Gasteiger partial charge on any atom is 0.490 e. The molecule has 1 aliphatic heterocycles. The summed E-state index contributed by atoms with van der Waals surface area (Å²) in [6.45, 7) is 4.06. The maximum absolute atomic E-state index is 10.6. The van der Waals surface area contributed by atoms with Gasteiger partial charge in [-0.25, -0.2) is 4.79 Å². The summed E-state index contributed by atoms with van der Waals surface area (Å²) in [6.07, 6.45) is -4.18. The Bertz CT molecular complexity index is 211. The summed E-state index contributed by atoms with van der Waals surface area (Å²) in [5, 5.41) is 7.12. The van der Waals surface area contributed by atoms with Gasteiger partial charge in [0.2, 0.25) is 6.41 Å². The smallest absolute Gasteiger partial charge is 0.475 e. The molecule has 1 heterocycles. The summed E-state index contributed by atoms with van der Waals surface area (Å²) in [5.74, 6) is -2.02. The number of hydrogen-bond acceptors (Lipinski definition) is 2. The zero-order valence-corrected chi connectivity index (χ0v) is 7.41. The first-order valence-electron chi connectivity index (χ1n) is 3.76. The Hall–Kier alpha value is -1.27. The van der Waals surface area contributed by atoms with Crippen LogP contribution in [0.1, 0.15) is 6.92 Å². The summed E-state index contributed by atoms with van der Waals surface area (Å²) >= 11 is 0. The lowest BCUT2D eigenvalue weighted by atomic mass is 10.1. The maximum atomic E-state index is 10.6. The molecule has 1 amide bonds. The number of halogens is 3. The molecule has 1 fully saturated rings. The number of carboxylic acids is 1. The molecule has 1 N–H and O–H groups in total. The summed E-state index contributed by atoms with van der Waals surface area (Å²) < 4.78 is 31.7. The highest BCUT2D eigenvalue weighted by Crippen LogP contribution is 2.13. The SMILES string of the molecule is CC1CN(C=O)C1.O=C(O)C(F)(F)F. The second kappa shape index (κ2) is 4.83. The Balaban J connectivity index is 0.000000241. The number of likely N-dealkylation sites (tertiary alicyclic amines) is 1. The number of nitrogens with zero attached hydrogens (tertiary/aromatic N) is 1. The predicted octanol–water partition coefficient (Wildman–Crippen LogP) is 0.728. The summed E-state index contributed by atoms with van der Waals surface area (Å²) in [6, 6.07) is 0. The van der Waals surface area contributed by atoms with Gasteiger partial charge in [-0.1, -0.05) is 6.92 Å². The van der Waals surface area contributed by atoms with E-state index < -0.39 is 12.1 Å². The minimum Gasteiger partial charge on any atom is -0.475 e. The average molecular weight is 213 g/mol. The van der Waals surface area contributed by atoms with Gasteiger partial charge in [0.05, 0.1) is 0 Å². The summed E-state index contributed by atoms with van der Waals surface area (Å²) in [4.78, 5) is 20.5. The number of amides is 1. The number of carbonyl (C=O) groups excluding carboxylic acids is 1. The first kappa shape index (κ1) is 12.7. The highest BCUT2D eigenvalue weighted by atomic mass is 19.4. The van der Waals surface area contributed by atoms with E-state index in [4.69, 9.17) is 9.90 Å². The third-order valence-electron chi connectivity index (χ3n) is 1.48. The standard InChI is InChI=1S/C5H9NO.C2HF3O2/c1-5-2-6(3-5)4-7;3-2(4,5)1(6)7/h4-5H,2-3H2,1H3;(H,6,7). The van der Waals surface area contributed by atoms with E-state index in [1.54, 1.807) is 4.90 Å². The molecule has 0 aromatic rings. The Morgan fingerprint density at radius 2 is 1.86 bits per heavy atom. The van der Waals surface area contributed by atoms with E-state index >= 15 is 0 Å². The fourth-order valence-corrected chi connectivity index (χ4v) is 0.833. The van der Waals surface area contributed by atoms with Crippen molar-refractivity contribution in [2.45, 2.75) is 13.1 Å². The number of carbonyl (C=O) groups is 2. The molecule has 1 saturated heterocycles. The van der Waals surface area contributed by atoms with Crippen molar-refractivity contribution in [3.05, 3.63) is 0 Å². The van der Waals surface area contributed by atoms with Crippen LogP contribution in [0.4, 0.5) is 13.2 Å². The van der Waals surface area contributed by atoms with Crippen LogP contribution in [0.5, 0.6) is 0 Å².